The van der Waals surface area contributed by atoms with E-state index >= 15 is 0 Å². The van der Waals surface area contributed by atoms with Gasteiger partial charge in [0, 0.05) is 31.1 Å². The molecule has 2 aromatic heterocycles. The van der Waals surface area contributed by atoms with E-state index in [-0.39, 0.29) is 0 Å². The van der Waals surface area contributed by atoms with Crippen LogP contribution in [0.5, 0.6) is 0 Å². The summed E-state index contributed by atoms with van der Waals surface area (Å²) in [6, 6.07) is 4.78. The van der Waals surface area contributed by atoms with Gasteiger partial charge in [0.1, 0.15) is 5.01 Å². The normalized spacial score (nSPS) is 18.0. The fourth-order valence-electron chi connectivity index (χ4n) is 2.93. The number of hydrogen-bond donors (Lipinski definition) is 1. The molecule has 3 nitrogen and oxygen atoms in total. The molecule has 1 N–H and O–H groups in total. The summed E-state index contributed by atoms with van der Waals surface area (Å²) in [6.45, 7) is 8.95. The van der Waals surface area contributed by atoms with Gasteiger partial charge in [0.05, 0.1) is 16.6 Å². The van der Waals surface area contributed by atoms with Crippen molar-refractivity contribution in [2.75, 3.05) is 26.2 Å². The lowest BCUT2D eigenvalue weighted by Gasteiger charge is -2.33. The van der Waals surface area contributed by atoms with Crippen molar-refractivity contribution in [1.82, 2.24) is 15.2 Å². The number of aromatic nitrogens is 1. The number of hydrogen-bond acceptors (Lipinski definition) is 5. The second-order valence-electron chi connectivity index (χ2n) is 5.52. The molecule has 0 amide bonds. The first-order chi connectivity index (χ1) is 10.3. The first-order valence-electron chi connectivity index (χ1n) is 7.75. The fraction of sp³-hybridized carbons (Fsp3) is 0.562. The first-order valence-corrected chi connectivity index (χ1v) is 9.45. The van der Waals surface area contributed by atoms with E-state index in [2.05, 4.69) is 41.6 Å². The van der Waals surface area contributed by atoms with Gasteiger partial charge in [-0.25, -0.2) is 4.98 Å². The van der Waals surface area contributed by atoms with Crippen LogP contribution in [0.15, 0.2) is 17.5 Å². The molecule has 0 aromatic carbocycles. The van der Waals surface area contributed by atoms with E-state index in [0.717, 1.165) is 26.2 Å². The summed E-state index contributed by atoms with van der Waals surface area (Å²) < 4.78 is 0. The molecule has 1 atom stereocenters. The van der Waals surface area contributed by atoms with Crippen molar-refractivity contribution in [3.05, 3.63) is 27.4 Å². The molecule has 0 aliphatic carbocycles. The van der Waals surface area contributed by atoms with E-state index in [1.807, 2.05) is 11.3 Å². The molecular weight excluding hydrogens is 298 g/mol. The number of nitrogens with zero attached hydrogens (tertiary/aromatic N) is 2. The Labute approximate surface area is 135 Å². The van der Waals surface area contributed by atoms with Gasteiger partial charge >= 0.3 is 0 Å². The monoisotopic (exact) mass is 321 g/mol. The van der Waals surface area contributed by atoms with Crippen LogP contribution in [0.3, 0.4) is 0 Å². The van der Waals surface area contributed by atoms with Crippen LogP contribution in [0.4, 0.5) is 0 Å². The Bertz CT molecular complexity index is 556. The Morgan fingerprint density at radius 2 is 2.19 bits per heavy atom. The van der Waals surface area contributed by atoms with Gasteiger partial charge in [-0.2, -0.15) is 0 Å². The lowest BCUT2D eigenvalue weighted by molar-refractivity contribution is 0.164. The topological polar surface area (TPSA) is 28.2 Å². The Kier molecular flexibility index (Phi) is 5.06. The van der Waals surface area contributed by atoms with Gasteiger partial charge < -0.3 is 5.32 Å². The minimum absolute atomic E-state index is 0.495. The molecule has 114 valence electrons. The summed E-state index contributed by atoms with van der Waals surface area (Å²) in [6.07, 6.45) is 2.42. The van der Waals surface area contributed by atoms with Crippen molar-refractivity contribution in [3.63, 3.8) is 0 Å². The number of thiazole rings is 1. The van der Waals surface area contributed by atoms with E-state index in [1.54, 1.807) is 11.3 Å². The molecule has 1 unspecified atom stereocenters. The van der Waals surface area contributed by atoms with Crippen molar-refractivity contribution < 1.29 is 0 Å². The van der Waals surface area contributed by atoms with Gasteiger partial charge in [0.25, 0.3) is 0 Å². The van der Waals surface area contributed by atoms with Gasteiger partial charge in [0.15, 0.2) is 0 Å². The van der Waals surface area contributed by atoms with Crippen LogP contribution in [0.2, 0.25) is 0 Å². The summed E-state index contributed by atoms with van der Waals surface area (Å²) in [4.78, 5) is 10.3. The number of thiophene rings is 1. The fourth-order valence-corrected chi connectivity index (χ4v) is 4.87. The summed E-state index contributed by atoms with van der Waals surface area (Å²) >= 11 is 3.67. The highest BCUT2D eigenvalue weighted by Gasteiger charge is 2.25. The van der Waals surface area contributed by atoms with E-state index in [9.17, 15) is 0 Å². The molecular formula is C16H23N3S2. The molecule has 21 heavy (non-hydrogen) atoms. The highest BCUT2D eigenvalue weighted by molar-refractivity contribution is 7.15. The van der Waals surface area contributed by atoms with Gasteiger partial charge in [-0.1, -0.05) is 19.4 Å². The SMILES string of the molecule is CCCC(c1nc(-c2cccs2)c(C)s1)N1CCNCC1. The lowest BCUT2D eigenvalue weighted by Crippen LogP contribution is -2.45. The molecule has 5 heteroatoms. The maximum Gasteiger partial charge on any atom is 0.111 e. The van der Waals surface area contributed by atoms with Crippen molar-refractivity contribution in [1.29, 1.82) is 0 Å². The molecule has 3 rings (SSSR count). The Balaban J connectivity index is 1.87. The highest BCUT2D eigenvalue weighted by atomic mass is 32.1. The zero-order valence-corrected chi connectivity index (χ0v) is 14.4. The summed E-state index contributed by atoms with van der Waals surface area (Å²) in [5.74, 6) is 0. The van der Waals surface area contributed by atoms with E-state index in [4.69, 9.17) is 4.98 Å². The lowest BCUT2D eigenvalue weighted by atomic mass is 10.1. The highest BCUT2D eigenvalue weighted by Crippen LogP contribution is 2.36. The molecule has 1 fully saturated rings. The van der Waals surface area contributed by atoms with Crippen LogP contribution >= 0.6 is 22.7 Å². The van der Waals surface area contributed by atoms with E-state index in [1.165, 1.54) is 33.3 Å². The number of nitrogens with one attached hydrogen (secondary N) is 1. The van der Waals surface area contributed by atoms with Gasteiger partial charge in [-0.05, 0) is 24.8 Å². The molecule has 1 aliphatic rings. The van der Waals surface area contributed by atoms with Crippen LogP contribution in [0.25, 0.3) is 10.6 Å². The smallest absolute Gasteiger partial charge is 0.111 e. The maximum absolute atomic E-state index is 5.01. The van der Waals surface area contributed by atoms with Crippen LogP contribution < -0.4 is 5.32 Å². The third-order valence-electron chi connectivity index (χ3n) is 4.01. The molecule has 2 aromatic rings. The van der Waals surface area contributed by atoms with Crippen LogP contribution in [-0.4, -0.2) is 36.1 Å². The zero-order valence-electron chi connectivity index (χ0n) is 12.8. The second-order valence-corrected chi connectivity index (χ2v) is 7.71. The largest absolute Gasteiger partial charge is 0.314 e. The predicted octanol–water partition coefficient (Wildman–Crippen LogP) is 3.93. The molecule has 3 heterocycles. The summed E-state index contributed by atoms with van der Waals surface area (Å²) in [5, 5.41) is 6.88. The first kappa shape index (κ1) is 15.2. The third kappa shape index (κ3) is 3.37. The van der Waals surface area contributed by atoms with Crippen LogP contribution in [-0.2, 0) is 0 Å². The summed E-state index contributed by atoms with van der Waals surface area (Å²) in [5.41, 5.74) is 1.20. The average Bonchev–Trinajstić information content (AvgIpc) is 3.15. The average molecular weight is 322 g/mol. The third-order valence-corrected chi connectivity index (χ3v) is 5.96. The zero-order chi connectivity index (χ0) is 14.7. The molecule has 0 radical (unpaired) electrons. The quantitative estimate of drug-likeness (QED) is 0.904. The molecule has 1 saturated heterocycles. The Morgan fingerprint density at radius 3 is 2.86 bits per heavy atom. The van der Waals surface area contributed by atoms with E-state index in [0.29, 0.717) is 6.04 Å². The minimum atomic E-state index is 0.495. The van der Waals surface area contributed by atoms with Crippen molar-refractivity contribution in [2.24, 2.45) is 0 Å². The van der Waals surface area contributed by atoms with E-state index < -0.39 is 0 Å². The minimum Gasteiger partial charge on any atom is -0.314 e. The van der Waals surface area contributed by atoms with Crippen LogP contribution in [0.1, 0.15) is 35.7 Å². The Hall–Kier alpha value is -0.750. The standard InChI is InChI=1S/C16H23N3S2/c1-3-5-13(19-9-7-17-8-10-19)16-18-15(12(2)21-16)14-6-4-11-20-14/h4,6,11,13,17H,3,5,7-10H2,1-2H3. The van der Waals surface area contributed by atoms with Crippen molar-refractivity contribution in [2.45, 2.75) is 32.7 Å². The second kappa shape index (κ2) is 7.01. The number of aryl methyl sites for hydroxylation is 1. The number of rotatable bonds is 5. The molecule has 1 aliphatic heterocycles. The predicted molar refractivity (Wildman–Crippen MR) is 92.3 cm³/mol. The van der Waals surface area contributed by atoms with Gasteiger partial charge in [-0.3, -0.25) is 4.90 Å². The Morgan fingerprint density at radius 1 is 1.38 bits per heavy atom. The maximum atomic E-state index is 5.01. The van der Waals surface area contributed by atoms with Crippen molar-refractivity contribution in [3.8, 4) is 10.6 Å². The van der Waals surface area contributed by atoms with Gasteiger partial charge in [-0.15, -0.1) is 22.7 Å². The number of piperazine rings is 1. The molecule has 0 spiro atoms. The molecule has 0 saturated carbocycles. The van der Waals surface area contributed by atoms with Crippen LogP contribution in [0, 0.1) is 6.92 Å². The molecule has 0 bridgehead atoms. The summed E-state index contributed by atoms with van der Waals surface area (Å²) in [7, 11) is 0. The van der Waals surface area contributed by atoms with Crippen molar-refractivity contribution >= 4 is 22.7 Å². The van der Waals surface area contributed by atoms with Gasteiger partial charge in [0.2, 0.25) is 0 Å².